The Morgan fingerprint density at radius 1 is 1.32 bits per heavy atom. The quantitative estimate of drug-likeness (QED) is 0.735. The first-order chi connectivity index (χ1) is 10.2. The van der Waals surface area contributed by atoms with Crippen molar-refractivity contribution >= 4 is 12.0 Å². The van der Waals surface area contributed by atoms with E-state index < -0.39 is 5.60 Å². The number of hydrogen-bond acceptors (Lipinski definition) is 4. The second-order valence-corrected chi connectivity index (χ2v) is 7.15. The Hall–Kier alpha value is -1.30. The maximum Gasteiger partial charge on any atom is 0.410 e. The van der Waals surface area contributed by atoms with Crippen LogP contribution in [-0.2, 0) is 9.53 Å². The average molecular weight is 313 g/mol. The molecular formula is C16H31N3O3. The summed E-state index contributed by atoms with van der Waals surface area (Å²) in [5.41, 5.74) is -0.466. The van der Waals surface area contributed by atoms with E-state index in [4.69, 9.17) is 4.74 Å². The van der Waals surface area contributed by atoms with Crippen molar-refractivity contribution in [2.75, 3.05) is 19.6 Å². The first-order valence-corrected chi connectivity index (χ1v) is 8.19. The third kappa shape index (κ3) is 7.11. The van der Waals surface area contributed by atoms with Crippen LogP contribution in [0.2, 0.25) is 0 Å². The van der Waals surface area contributed by atoms with Gasteiger partial charge in [0.2, 0.25) is 5.91 Å². The van der Waals surface area contributed by atoms with Crippen LogP contribution in [-0.4, -0.2) is 54.2 Å². The predicted octanol–water partition coefficient (Wildman–Crippen LogP) is 1.89. The number of nitrogens with one attached hydrogen (secondary N) is 2. The van der Waals surface area contributed by atoms with Crippen molar-refractivity contribution in [3.8, 4) is 0 Å². The summed E-state index contributed by atoms with van der Waals surface area (Å²) < 4.78 is 5.44. The Morgan fingerprint density at radius 3 is 2.59 bits per heavy atom. The SMILES string of the molecule is CC(C)NC(=O)CCNCC1CCCN1C(=O)OC(C)(C)C. The van der Waals surface area contributed by atoms with E-state index in [1.165, 1.54) is 0 Å². The Labute approximate surface area is 134 Å². The molecule has 0 aliphatic carbocycles. The summed E-state index contributed by atoms with van der Waals surface area (Å²) in [6.07, 6.45) is 2.19. The molecule has 2 N–H and O–H groups in total. The van der Waals surface area contributed by atoms with Gasteiger partial charge in [-0.15, -0.1) is 0 Å². The number of carbonyl (C=O) groups is 2. The molecule has 2 amide bonds. The summed E-state index contributed by atoms with van der Waals surface area (Å²) in [5.74, 6) is 0.0536. The van der Waals surface area contributed by atoms with Gasteiger partial charge in [0.1, 0.15) is 5.60 Å². The number of rotatable bonds is 6. The van der Waals surface area contributed by atoms with Crippen molar-refractivity contribution in [1.29, 1.82) is 0 Å². The summed E-state index contributed by atoms with van der Waals surface area (Å²) in [4.78, 5) is 25.5. The van der Waals surface area contributed by atoms with Gasteiger partial charge in [-0.2, -0.15) is 0 Å². The van der Waals surface area contributed by atoms with E-state index in [-0.39, 0.29) is 24.1 Å². The molecule has 6 heteroatoms. The fourth-order valence-electron chi connectivity index (χ4n) is 2.47. The molecular weight excluding hydrogens is 282 g/mol. The highest BCUT2D eigenvalue weighted by Crippen LogP contribution is 2.20. The molecule has 0 saturated carbocycles. The summed E-state index contributed by atoms with van der Waals surface area (Å²) in [7, 11) is 0. The predicted molar refractivity (Wildman–Crippen MR) is 86.7 cm³/mol. The smallest absolute Gasteiger partial charge is 0.410 e. The van der Waals surface area contributed by atoms with Crippen molar-refractivity contribution in [3.63, 3.8) is 0 Å². The van der Waals surface area contributed by atoms with E-state index in [1.54, 1.807) is 4.90 Å². The highest BCUT2D eigenvalue weighted by atomic mass is 16.6. The van der Waals surface area contributed by atoms with Crippen LogP contribution in [0.1, 0.15) is 53.9 Å². The summed E-state index contributed by atoms with van der Waals surface area (Å²) >= 11 is 0. The largest absolute Gasteiger partial charge is 0.444 e. The molecule has 1 unspecified atom stereocenters. The molecule has 1 fully saturated rings. The summed E-state index contributed by atoms with van der Waals surface area (Å²) in [5, 5.41) is 6.13. The van der Waals surface area contributed by atoms with Gasteiger partial charge in [0.15, 0.2) is 0 Å². The van der Waals surface area contributed by atoms with Gasteiger partial charge < -0.3 is 20.3 Å². The molecule has 0 aromatic rings. The van der Waals surface area contributed by atoms with Gasteiger partial charge in [-0.05, 0) is 47.5 Å². The van der Waals surface area contributed by atoms with Crippen LogP contribution in [0.15, 0.2) is 0 Å². The molecule has 0 aromatic heterocycles. The van der Waals surface area contributed by atoms with Crippen molar-refractivity contribution in [1.82, 2.24) is 15.5 Å². The van der Waals surface area contributed by atoms with Crippen LogP contribution >= 0.6 is 0 Å². The Morgan fingerprint density at radius 2 is 2.00 bits per heavy atom. The first kappa shape index (κ1) is 18.7. The van der Waals surface area contributed by atoms with E-state index in [1.807, 2.05) is 34.6 Å². The molecule has 1 atom stereocenters. The molecule has 0 bridgehead atoms. The standard InChI is InChI=1S/C16H31N3O3/c1-12(2)18-14(20)8-9-17-11-13-7-6-10-19(13)15(21)22-16(3,4)5/h12-13,17H,6-11H2,1-5H3,(H,18,20). The molecule has 1 heterocycles. The second kappa shape index (κ2) is 8.36. The van der Waals surface area contributed by atoms with Crippen LogP contribution in [0.3, 0.4) is 0 Å². The fraction of sp³-hybridized carbons (Fsp3) is 0.875. The van der Waals surface area contributed by atoms with E-state index in [2.05, 4.69) is 10.6 Å². The van der Waals surface area contributed by atoms with Crippen molar-refractivity contribution in [2.24, 2.45) is 0 Å². The van der Waals surface area contributed by atoms with Gasteiger partial charge in [0, 0.05) is 38.1 Å². The van der Waals surface area contributed by atoms with Crippen LogP contribution in [0.25, 0.3) is 0 Å². The minimum absolute atomic E-state index is 0.0536. The van der Waals surface area contributed by atoms with Crippen LogP contribution < -0.4 is 10.6 Å². The maximum absolute atomic E-state index is 12.1. The average Bonchev–Trinajstić information content (AvgIpc) is 2.80. The Bertz CT molecular complexity index is 377. The zero-order valence-electron chi connectivity index (χ0n) is 14.6. The number of nitrogens with zero attached hydrogens (tertiary/aromatic N) is 1. The van der Waals surface area contributed by atoms with Gasteiger partial charge in [0.25, 0.3) is 0 Å². The van der Waals surface area contributed by atoms with Gasteiger partial charge in [0.05, 0.1) is 0 Å². The molecule has 1 rings (SSSR count). The van der Waals surface area contributed by atoms with Gasteiger partial charge >= 0.3 is 6.09 Å². The van der Waals surface area contributed by atoms with Crippen LogP contribution in [0.4, 0.5) is 4.79 Å². The van der Waals surface area contributed by atoms with E-state index in [0.29, 0.717) is 19.5 Å². The minimum Gasteiger partial charge on any atom is -0.444 e. The normalized spacial score (nSPS) is 18.6. The number of likely N-dealkylation sites (tertiary alicyclic amines) is 1. The second-order valence-electron chi connectivity index (χ2n) is 7.15. The highest BCUT2D eigenvalue weighted by molar-refractivity contribution is 5.76. The molecule has 22 heavy (non-hydrogen) atoms. The lowest BCUT2D eigenvalue weighted by Gasteiger charge is -2.28. The number of hydrogen-bond donors (Lipinski definition) is 2. The summed E-state index contributed by atoms with van der Waals surface area (Å²) in [6.45, 7) is 11.6. The van der Waals surface area contributed by atoms with E-state index in [0.717, 1.165) is 19.4 Å². The lowest BCUT2D eigenvalue weighted by Crippen LogP contribution is -2.44. The number of ether oxygens (including phenoxy) is 1. The molecule has 0 spiro atoms. The molecule has 0 aromatic carbocycles. The van der Waals surface area contributed by atoms with Crippen LogP contribution in [0.5, 0.6) is 0 Å². The fourth-order valence-corrected chi connectivity index (χ4v) is 2.47. The molecule has 1 aliphatic heterocycles. The number of amides is 2. The lowest BCUT2D eigenvalue weighted by molar-refractivity contribution is -0.121. The molecule has 1 aliphatic rings. The van der Waals surface area contributed by atoms with Crippen molar-refractivity contribution in [2.45, 2.75) is 71.6 Å². The van der Waals surface area contributed by atoms with E-state index in [9.17, 15) is 9.59 Å². The molecule has 1 saturated heterocycles. The monoisotopic (exact) mass is 313 g/mol. The van der Waals surface area contributed by atoms with Gasteiger partial charge in [-0.25, -0.2) is 4.79 Å². The summed E-state index contributed by atoms with van der Waals surface area (Å²) in [6, 6.07) is 0.327. The van der Waals surface area contributed by atoms with E-state index >= 15 is 0 Å². The zero-order chi connectivity index (χ0) is 16.8. The zero-order valence-corrected chi connectivity index (χ0v) is 14.6. The molecule has 0 radical (unpaired) electrons. The minimum atomic E-state index is -0.466. The van der Waals surface area contributed by atoms with Crippen molar-refractivity contribution < 1.29 is 14.3 Å². The Kier molecular flexibility index (Phi) is 7.13. The van der Waals surface area contributed by atoms with Crippen molar-refractivity contribution in [3.05, 3.63) is 0 Å². The van der Waals surface area contributed by atoms with Gasteiger partial charge in [-0.1, -0.05) is 0 Å². The van der Waals surface area contributed by atoms with Crippen LogP contribution in [0, 0.1) is 0 Å². The lowest BCUT2D eigenvalue weighted by atomic mass is 10.2. The first-order valence-electron chi connectivity index (χ1n) is 8.19. The maximum atomic E-state index is 12.1. The molecule has 128 valence electrons. The third-order valence-corrected chi connectivity index (χ3v) is 3.36. The molecule has 6 nitrogen and oxygen atoms in total. The van der Waals surface area contributed by atoms with Gasteiger partial charge in [-0.3, -0.25) is 4.79 Å². The highest BCUT2D eigenvalue weighted by Gasteiger charge is 2.31. The topological polar surface area (TPSA) is 70.7 Å². The third-order valence-electron chi connectivity index (χ3n) is 3.36. The number of carbonyl (C=O) groups excluding carboxylic acids is 2. The Balaban J connectivity index is 2.30.